The maximum absolute atomic E-state index is 13.6. The quantitative estimate of drug-likeness (QED) is 0.129. The Morgan fingerprint density at radius 1 is 1.00 bits per heavy atom. The van der Waals surface area contributed by atoms with E-state index in [0.717, 1.165) is 34.3 Å². The number of ether oxygens (including phenoxy) is 1. The van der Waals surface area contributed by atoms with Gasteiger partial charge in [-0.05, 0) is 48.9 Å². The summed E-state index contributed by atoms with van der Waals surface area (Å²) in [6, 6.07) is 22.5. The third-order valence-corrected chi connectivity index (χ3v) is 8.41. The van der Waals surface area contributed by atoms with Crippen LogP contribution in [-0.2, 0) is 15.7 Å². The number of thiophene rings is 1. The lowest BCUT2D eigenvalue weighted by molar-refractivity contribution is -0.137. The number of carbonyl (C=O) groups is 2. The van der Waals surface area contributed by atoms with Crippen molar-refractivity contribution in [3.8, 4) is 27.5 Å². The molecule has 1 N–H and O–H groups in total. The van der Waals surface area contributed by atoms with Gasteiger partial charge >= 0.3 is 12.1 Å². The number of carbonyl (C=O) groups excluding carboxylic acids is 2. The Bertz CT molecular complexity index is 1770. The molecule has 0 aliphatic carbocycles. The van der Waals surface area contributed by atoms with Gasteiger partial charge < -0.3 is 10.1 Å². The number of rotatable bonds is 9. The van der Waals surface area contributed by atoms with Crippen molar-refractivity contribution >= 4 is 51.6 Å². The first kappa shape index (κ1) is 30.3. The van der Waals surface area contributed by atoms with E-state index >= 15 is 0 Å². The molecule has 0 spiro atoms. The number of benzene rings is 3. The van der Waals surface area contributed by atoms with Crippen molar-refractivity contribution in [1.29, 1.82) is 0 Å². The standard InChI is InChI=1S/C30H22ClF3N4O3S2/c1-2-41-28(40)22-16-24(18-9-4-3-5-10-18)43-27(22)35-25(39)17-42-29-37-36-26(21-13-6-7-14-23(21)31)38(29)20-12-8-11-19(15-20)30(32,33)34/h3-16H,2,17H2,1H3,(H,35,39). The summed E-state index contributed by atoms with van der Waals surface area (Å²) in [6.07, 6.45) is -4.57. The maximum atomic E-state index is 13.6. The minimum absolute atomic E-state index is 0.146. The van der Waals surface area contributed by atoms with Gasteiger partial charge in [-0.3, -0.25) is 9.36 Å². The molecular weight excluding hydrogens is 621 g/mol. The summed E-state index contributed by atoms with van der Waals surface area (Å²) < 4.78 is 47.3. The molecule has 0 unspecified atom stereocenters. The number of thioether (sulfide) groups is 1. The Hall–Kier alpha value is -4.13. The van der Waals surface area contributed by atoms with Crippen molar-refractivity contribution in [1.82, 2.24) is 14.8 Å². The Labute approximate surface area is 257 Å². The van der Waals surface area contributed by atoms with Crippen LogP contribution < -0.4 is 5.32 Å². The number of esters is 1. The minimum atomic E-state index is -4.57. The Morgan fingerprint density at radius 3 is 2.47 bits per heavy atom. The van der Waals surface area contributed by atoms with Gasteiger partial charge in [-0.2, -0.15) is 13.2 Å². The number of halogens is 4. The zero-order valence-corrected chi connectivity index (χ0v) is 24.8. The Morgan fingerprint density at radius 2 is 1.74 bits per heavy atom. The van der Waals surface area contributed by atoms with Gasteiger partial charge in [0.25, 0.3) is 0 Å². The van der Waals surface area contributed by atoms with E-state index in [0.29, 0.717) is 15.6 Å². The van der Waals surface area contributed by atoms with Crippen LogP contribution in [0.1, 0.15) is 22.8 Å². The van der Waals surface area contributed by atoms with Crippen molar-refractivity contribution in [2.24, 2.45) is 0 Å². The molecule has 2 heterocycles. The normalized spacial score (nSPS) is 11.4. The van der Waals surface area contributed by atoms with Crippen molar-refractivity contribution in [3.63, 3.8) is 0 Å². The van der Waals surface area contributed by atoms with Crippen LogP contribution in [0, 0.1) is 0 Å². The first-order chi connectivity index (χ1) is 20.7. The van der Waals surface area contributed by atoms with Gasteiger partial charge in [0.1, 0.15) is 5.00 Å². The van der Waals surface area contributed by atoms with E-state index in [2.05, 4.69) is 15.5 Å². The van der Waals surface area contributed by atoms with Crippen LogP contribution in [0.15, 0.2) is 90.1 Å². The molecule has 0 bridgehead atoms. The summed E-state index contributed by atoms with van der Waals surface area (Å²) in [6.45, 7) is 1.85. The fourth-order valence-corrected chi connectivity index (χ4v) is 6.16. The second-order valence-corrected chi connectivity index (χ2v) is 11.3. The average Bonchev–Trinajstić information content (AvgIpc) is 3.61. The lowest BCUT2D eigenvalue weighted by Crippen LogP contribution is -2.16. The number of anilines is 1. The summed E-state index contributed by atoms with van der Waals surface area (Å²) in [5.74, 6) is -1.00. The third-order valence-electron chi connectivity index (χ3n) is 6.05. The molecular formula is C30H22ClF3N4O3S2. The Kier molecular flexibility index (Phi) is 9.19. The van der Waals surface area contributed by atoms with Gasteiger partial charge in [-0.25, -0.2) is 4.79 Å². The van der Waals surface area contributed by atoms with E-state index in [1.807, 2.05) is 30.3 Å². The van der Waals surface area contributed by atoms with Crippen LogP contribution in [0.3, 0.4) is 0 Å². The summed E-state index contributed by atoms with van der Waals surface area (Å²) in [7, 11) is 0. The second kappa shape index (κ2) is 13.0. The predicted molar refractivity (Wildman–Crippen MR) is 162 cm³/mol. The molecule has 0 fully saturated rings. The lowest BCUT2D eigenvalue weighted by atomic mass is 10.1. The number of nitrogens with one attached hydrogen (secondary N) is 1. The molecule has 7 nitrogen and oxygen atoms in total. The van der Waals surface area contributed by atoms with Crippen LogP contribution in [0.25, 0.3) is 27.5 Å². The molecule has 5 aromatic rings. The van der Waals surface area contributed by atoms with Crippen LogP contribution in [0.4, 0.5) is 18.2 Å². The van der Waals surface area contributed by atoms with E-state index in [-0.39, 0.29) is 34.6 Å². The number of aromatic nitrogens is 3. The fraction of sp³-hybridized carbons (Fsp3) is 0.133. The van der Waals surface area contributed by atoms with Gasteiger partial charge in [-0.15, -0.1) is 21.5 Å². The fourth-order valence-electron chi connectivity index (χ4n) is 4.12. The van der Waals surface area contributed by atoms with Crippen LogP contribution >= 0.6 is 34.7 Å². The molecule has 2 aromatic heterocycles. The number of amides is 1. The molecule has 43 heavy (non-hydrogen) atoms. The first-order valence-electron chi connectivity index (χ1n) is 12.8. The van der Waals surface area contributed by atoms with Crippen LogP contribution in [0.2, 0.25) is 5.02 Å². The molecule has 13 heteroatoms. The second-order valence-electron chi connectivity index (χ2n) is 8.95. The predicted octanol–water partition coefficient (Wildman–Crippen LogP) is 8.24. The minimum Gasteiger partial charge on any atom is -0.462 e. The van der Waals surface area contributed by atoms with Crippen molar-refractivity contribution in [3.05, 3.63) is 101 Å². The highest BCUT2D eigenvalue weighted by Crippen LogP contribution is 2.37. The monoisotopic (exact) mass is 642 g/mol. The van der Waals surface area contributed by atoms with Gasteiger partial charge in [0.2, 0.25) is 5.91 Å². The van der Waals surface area contributed by atoms with Crippen molar-refractivity contribution in [2.45, 2.75) is 18.3 Å². The Balaban J connectivity index is 1.44. The summed E-state index contributed by atoms with van der Waals surface area (Å²) in [5.41, 5.74) is 0.840. The first-order valence-corrected chi connectivity index (χ1v) is 15.0. The summed E-state index contributed by atoms with van der Waals surface area (Å²) in [5, 5.41) is 12.0. The van der Waals surface area contributed by atoms with E-state index in [1.165, 1.54) is 28.0 Å². The average molecular weight is 643 g/mol. The molecule has 0 atom stereocenters. The lowest BCUT2D eigenvalue weighted by Gasteiger charge is -2.13. The van der Waals surface area contributed by atoms with Crippen LogP contribution in [0.5, 0.6) is 0 Å². The zero-order valence-electron chi connectivity index (χ0n) is 22.4. The SMILES string of the molecule is CCOC(=O)c1cc(-c2ccccc2)sc1NC(=O)CSc1nnc(-c2ccccc2Cl)n1-c1cccc(C(F)(F)F)c1. The molecule has 0 aliphatic rings. The molecule has 0 saturated heterocycles. The van der Waals surface area contributed by atoms with E-state index in [1.54, 1.807) is 37.3 Å². The number of hydrogen-bond acceptors (Lipinski definition) is 7. The molecule has 0 saturated carbocycles. The summed E-state index contributed by atoms with van der Waals surface area (Å²) >= 11 is 8.59. The van der Waals surface area contributed by atoms with Crippen molar-refractivity contribution < 1.29 is 27.5 Å². The van der Waals surface area contributed by atoms with E-state index in [4.69, 9.17) is 16.3 Å². The molecule has 220 valence electrons. The molecule has 1 amide bonds. The number of hydrogen-bond donors (Lipinski definition) is 1. The van der Waals surface area contributed by atoms with E-state index < -0.39 is 23.6 Å². The van der Waals surface area contributed by atoms with Gasteiger partial charge in [0.15, 0.2) is 11.0 Å². The highest BCUT2D eigenvalue weighted by Gasteiger charge is 2.31. The third kappa shape index (κ3) is 6.93. The molecule has 5 rings (SSSR count). The largest absolute Gasteiger partial charge is 0.462 e. The van der Waals surface area contributed by atoms with Gasteiger partial charge in [0.05, 0.1) is 34.2 Å². The van der Waals surface area contributed by atoms with Gasteiger partial charge in [0, 0.05) is 10.4 Å². The highest BCUT2D eigenvalue weighted by atomic mass is 35.5. The number of alkyl halides is 3. The zero-order chi connectivity index (χ0) is 30.6. The highest BCUT2D eigenvalue weighted by molar-refractivity contribution is 7.99. The number of nitrogens with zero attached hydrogens (tertiary/aromatic N) is 3. The van der Waals surface area contributed by atoms with Crippen LogP contribution in [-0.4, -0.2) is 39.0 Å². The summed E-state index contributed by atoms with van der Waals surface area (Å²) in [4.78, 5) is 26.5. The van der Waals surface area contributed by atoms with E-state index in [9.17, 15) is 22.8 Å². The van der Waals surface area contributed by atoms with Crippen molar-refractivity contribution in [2.75, 3.05) is 17.7 Å². The molecule has 3 aromatic carbocycles. The molecule has 0 radical (unpaired) electrons. The van der Waals surface area contributed by atoms with Gasteiger partial charge in [-0.1, -0.05) is 71.9 Å². The maximum Gasteiger partial charge on any atom is 0.416 e. The smallest absolute Gasteiger partial charge is 0.416 e. The molecule has 0 aliphatic heterocycles. The topological polar surface area (TPSA) is 86.1 Å².